The monoisotopic (exact) mass is 368 g/mol. The van der Waals surface area contributed by atoms with Crippen LogP contribution >= 0.6 is 0 Å². The smallest absolute Gasteiger partial charge is 0.277 e. The van der Waals surface area contributed by atoms with Crippen molar-refractivity contribution in [1.82, 2.24) is 14.5 Å². The van der Waals surface area contributed by atoms with Crippen LogP contribution in [0.4, 0.5) is 5.69 Å². The molecule has 0 radical (unpaired) electrons. The van der Waals surface area contributed by atoms with E-state index in [1.54, 1.807) is 29.4 Å². The van der Waals surface area contributed by atoms with Crippen LogP contribution < -0.4 is 4.90 Å². The van der Waals surface area contributed by atoms with E-state index in [1.165, 1.54) is 0 Å². The summed E-state index contributed by atoms with van der Waals surface area (Å²) in [5.74, 6) is 0.642. The zero-order valence-corrected chi connectivity index (χ0v) is 15.6. The third-order valence-corrected chi connectivity index (χ3v) is 4.61. The molecule has 2 aromatic carbocycles. The molecule has 0 aliphatic carbocycles. The molecule has 4 aromatic rings. The van der Waals surface area contributed by atoms with Gasteiger partial charge in [0.1, 0.15) is 11.5 Å². The Bertz CT molecular complexity index is 1070. The molecule has 0 bridgehead atoms. The maximum absolute atomic E-state index is 13.3. The van der Waals surface area contributed by atoms with E-state index in [2.05, 4.69) is 22.1 Å². The summed E-state index contributed by atoms with van der Waals surface area (Å²) >= 11 is 0. The average Bonchev–Trinajstić information content (AvgIpc) is 3.17. The zero-order chi connectivity index (χ0) is 19.3. The molecule has 0 aliphatic heterocycles. The van der Waals surface area contributed by atoms with Crippen LogP contribution in [-0.2, 0) is 13.6 Å². The normalized spacial score (nSPS) is 10.6. The highest BCUT2D eigenvalue weighted by atomic mass is 16.2. The lowest BCUT2D eigenvalue weighted by Gasteiger charge is -2.23. The quantitative estimate of drug-likeness (QED) is 0.527. The third-order valence-electron chi connectivity index (χ3n) is 4.61. The lowest BCUT2D eigenvalue weighted by Crippen LogP contribution is -2.32. The number of pyridine rings is 1. The summed E-state index contributed by atoms with van der Waals surface area (Å²) in [6.45, 7) is 0.358. The molecular weight excluding hydrogens is 348 g/mol. The van der Waals surface area contributed by atoms with Gasteiger partial charge in [-0.2, -0.15) is 0 Å². The van der Waals surface area contributed by atoms with Crippen LogP contribution in [0.25, 0.3) is 11.1 Å². The molecule has 0 atom stereocenters. The largest absolute Gasteiger partial charge is 0.337 e. The van der Waals surface area contributed by atoms with E-state index in [1.807, 2.05) is 66.3 Å². The second-order valence-corrected chi connectivity index (χ2v) is 6.48. The van der Waals surface area contributed by atoms with E-state index < -0.39 is 0 Å². The van der Waals surface area contributed by atoms with Gasteiger partial charge in [-0.1, -0.05) is 48.5 Å². The Morgan fingerprint density at radius 1 is 0.893 bits per heavy atom. The van der Waals surface area contributed by atoms with Crippen molar-refractivity contribution in [3.8, 4) is 11.1 Å². The van der Waals surface area contributed by atoms with Gasteiger partial charge in [0, 0.05) is 31.3 Å². The van der Waals surface area contributed by atoms with Crippen LogP contribution in [0, 0.1) is 0 Å². The van der Waals surface area contributed by atoms with Gasteiger partial charge >= 0.3 is 0 Å². The van der Waals surface area contributed by atoms with Gasteiger partial charge in [-0.25, -0.2) is 4.98 Å². The first-order chi connectivity index (χ1) is 13.7. The molecule has 0 saturated heterocycles. The maximum Gasteiger partial charge on any atom is 0.277 e. The molecule has 5 nitrogen and oxygen atoms in total. The van der Waals surface area contributed by atoms with E-state index in [4.69, 9.17) is 0 Å². The fourth-order valence-electron chi connectivity index (χ4n) is 3.08. The average molecular weight is 368 g/mol. The molecule has 138 valence electrons. The van der Waals surface area contributed by atoms with Gasteiger partial charge < -0.3 is 4.57 Å². The first kappa shape index (κ1) is 17.7. The van der Waals surface area contributed by atoms with Gasteiger partial charge in [0.15, 0.2) is 0 Å². The van der Waals surface area contributed by atoms with Crippen LogP contribution in [0.1, 0.15) is 16.3 Å². The minimum Gasteiger partial charge on any atom is -0.337 e. The SMILES string of the molecule is Cn1ccnc1CN(C(=O)c1ccccn1)c1cccc(-c2ccccc2)c1. The molecule has 0 spiro atoms. The maximum atomic E-state index is 13.3. The second kappa shape index (κ2) is 7.88. The Balaban J connectivity index is 1.75. The van der Waals surface area contributed by atoms with Crippen molar-refractivity contribution >= 4 is 11.6 Å². The number of hydrogen-bond donors (Lipinski definition) is 0. The van der Waals surface area contributed by atoms with Crippen molar-refractivity contribution < 1.29 is 4.79 Å². The Hall–Kier alpha value is -3.73. The highest BCUT2D eigenvalue weighted by Crippen LogP contribution is 2.26. The summed E-state index contributed by atoms with van der Waals surface area (Å²) in [7, 11) is 1.92. The molecule has 4 rings (SSSR count). The van der Waals surface area contributed by atoms with Crippen molar-refractivity contribution in [3.05, 3.63) is 103 Å². The van der Waals surface area contributed by atoms with Gasteiger partial charge in [-0.05, 0) is 35.4 Å². The summed E-state index contributed by atoms with van der Waals surface area (Å²) in [5.41, 5.74) is 3.37. The number of aromatic nitrogens is 3. The molecule has 0 aliphatic rings. The lowest BCUT2D eigenvalue weighted by molar-refractivity contribution is 0.0979. The number of anilines is 1. The van der Waals surface area contributed by atoms with Crippen LogP contribution in [0.2, 0.25) is 0 Å². The van der Waals surface area contributed by atoms with Crippen LogP contribution in [0.15, 0.2) is 91.4 Å². The van der Waals surface area contributed by atoms with Crippen molar-refractivity contribution in [1.29, 1.82) is 0 Å². The number of aryl methyl sites for hydroxylation is 1. The van der Waals surface area contributed by atoms with Crippen LogP contribution in [-0.4, -0.2) is 20.4 Å². The van der Waals surface area contributed by atoms with Crippen molar-refractivity contribution in [2.24, 2.45) is 7.05 Å². The Kier molecular flexibility index (Phi) is 4.97. The minimum atomic E-state index is -0.159. The summed E-state index contributed by atoms with van der Waals surface area (Å²) in [6.07, 6.45) is 5.24. The number of carbonyl (C=O) groups is 1. The highest BCUT2D eigenvalue weighted by Gasteiger charge is 2.21. The zero-order valence-electron chi connectivity index (χ0n) is 15.6. The number of rotatable bonds is 5. The first-order valence-electron chi connectivity index (χ1n) is 9.07. The molecule has 1 amide bonds. The van der Waals surface area contributed by atoms with Gasteiger partial charge in [0.05, 0.1) is 6.54 Å². The van der Waals surface area contributed by atoms with Gasteiger partial charge in [0.25, 0.3) is 5.91 Å². The summed E-state index contributed by atoms with van der Waals surface area (Å²) < 4.78 is 1.92. The minimum absolute atomic E-state index is 0.159. The van der Waals surface area contributed by atoms with Gasteiger partial charge in [0.2, 0.25) is 0 Å². The van der Waals surface area contributed by atoms with Gasteiger partial charge in [-0.3, -0.25) is 14.7 Å². The number of hydrogen-bond acceptors (Lipinski definition) is 3. The molecule has 5 heteroatoms. The molecule has 2 heterocycles. The van der Waals surface area contributed by atoms with Gasteiger partial charge in [-0.15, -0.1) is 0 Å². The lowest BCUT2D eigenvalue weighted by atomic mass is 10.0. The summed E-state index contributed by atoms with van der Waals surface area (Å²) in [4.78, 5) is 23.6. The Morgan fingerprint density at radius 2 is 1.68 bits per heavy atom. The second-order valence-electron chi connectivity index (χ2n) is 6.48. The predicted octanol–water partition coefficient (Wildman–Crippen LogP) is 4.33. The fourth-order valence-corrected chi connectivity index (χ4v) is 3.08. The standard InChI is InChI=1S/C23H20N4O/c1-26-15-14-25-22(26)17-27(23(28)21-12-5-6-13-24-21)20-11-7-10-19(16-20)18-8-3-2-4-9-18/h2-16H,17H2,1H3. The molecular formula is C23H20N4O. The summed E-state index contributed by atoms with van der Waals surface area (Å²) in [6, 6.07) is 23.5. The molecule has 28 heavy (non-hydrogen) atoms. The molecule has 0 N–H and O–H groups in total. The predicted molar refractivity (Wildman–Crippen MR) is 110 cm³/mol. The summed E-state index contributed by atoms with van der Waals surface area (Å²) in [5, 5.41) is 0. The third kappa shape index (κ3) is 3.69. The number of nitrogens with zero attached hydrogens (tertiary/aromatic N) is 4. The fraction of sp³-hybridized carbons (Fsp3) is 0.0870. The van der Waals surface area contributed by atoms with E-state index in [0.29, 0.717) is 12.2 Å². The molecule has 0 unspecified atom stereocenters. The van der Waals surface area contributed by atoms with Crippen molar-refractivity contribution in [2.45, 2.75) is 6.54 Å². The van der Waals surface area contributed by atoms with E-state index in [-0.39, 0.29) is 5.91 Å². The van der Waals surface area contributed by atoms with Crippen molar-refractivity contribution in [3.63, 3.8) is 0 Å². The van der Waals surface area contributed by atoms with E-state index in [9.17, 15) is 4.79 Å². The van der Waals surface area contributed by atoms with Crippen LogP contribution in [0.3, 0.4) is 0 Å². The number of benzene rings is 2. The highest BCUT2D eigenvalue weighted by molar-refractivity contribution is 6.04. The molecule has 0 saturated carbocycles. The molecule has 2 aromatic heterocycles. The van der Waals surface area contributed by atoms with E-state index in [0.717, 1.165) is 22.6 Å². The number of amides is 1. The number of imidazole rings is 1. The van der Waals surface area contributed by atoms with Crippen LogP contribution in [0.5, 0.6) is 0 Å². The van der Waals surface area contributed by atoms with E-state index >= 15 is 0 Å². The van der Waals surface area contributed by atoms with Crippen molar-refractivity contribution in [2.75, 3.05) is 4.90 Å². The Labute approximate surface area is 163 Å². The Morgan fingerprint density at radius 3 is 2.39 bits per heavy atom. The topological polar surface area (TPSA) is 51.0 Å². The first-order valence-corrected chi connectivity index (χ1v) is 9.07. The molecule has 0 fully saturated rings. The number of carbonyl (C=O) groups excluding carboxylic acids is 1.